The molecule has 0 bridgehead atoms. The number of phenols is 2. The Labute approximate surface area is 340 Å². The summed E-state index contributed by atoms with van der Waals surface area (Å²) in [5.41, 5.74) is 7.35. The summed E-state index contributed by atoms with van der Waals surface area (Å²) >= 11 is 12.1. The number of hydrogen-bond acceptors (Lipinski definition) is 13. The van der Waals surface area contributed by atoms with Gasteiger partial charge in [0, 0.05) is 5.02 Å². The van der Waals surface area contributed by atoms with Crippen molar-refractivity contribution < 1.29 is 67.1 Å². The summed E-state index contributed by atoms with van der Waals surface area (Å²) in [5, 5.41) is 44.4. The molecule has 0 unspecified atom stereocenters. The Morgan fingerprint density at radius 3 is 1.52 bits per heavy atom. The molecule has 0 aliphatic carbocycles. The summed E-state index contributed by atoms with van der Waals surface area (Å²) in [4.78, 5) is -1.83. The third kappa shape index (κ3) is 9.09. The van der Waals surface area contributed by atoms with E-state index in [0.29, 0.717) is 11.4 Å². The number of fused-ring (bicyclic) bond motifs is 1. The molecule has 0 aliphatic rings. The number of rotatable bonds is 9. The normalized spacial score (nSPS) is 12.2. The first-order valence-corrected chi connectivity index (χ1v) is 18.5. The van der Waals surface area contributed by atoms with Crippen LogP contribution in [0.3, 0.4) is 0 Å². The number of benzene rings is 6. The largest absolute Gasteiger partial charge is 1.00 e. The molecule has 270 valence electrons. The molecule has 6 aromatic rings. The van der Waals surface area contributed by atoms with Crippen LogP contribution in [-0.4, -0.2) is 36.2 Å². The van der Waals surface area contributed by atoms with Crippen LogP contribution in [0, 0.1) is 0 Å². The van der Waals surface area contributed by atoms with E-state index in [2.05, 4.69) is 30.7 Å². The fraction of sp³-hybridized carbons (Fsp3) is 0. The SMILES string of the molecule is Nc1c(N=Nc2cc(Cl)ccc2Cl)c(S(=O)(=O)O)cc2cc(S(=O)(=O)O)c(N=Nc3ccc(-c4ccc(N=Nc5ccc(O)cc5)cc4)cc3)c(O)c12.[H-].[Na+]. The third-order valence-corrected chi connectivity index (χ3v) is 9.79. The molecular weight excluding hydrogens is 792 g/mol. The Balaban J connectivity index is 0.00000336. The number of azo groups is 3. The maximum atomic E-state index is 12.4. The maximum absolute atomic E-state index is 12.4. The number of nitrogens with two attached hydrogens (primary N) is 1. The molecule has 0 saturated heterocycles. The van der Waals surface area contributed by atoms with Crippen molar-refractivity contribution in [1.29, 1.82) is 0 Å². The van der Waals surface area contributed by atoms with Crippen molar-refractivity contribution in [2.45, 2.75) is 9.79 Å². The van der Waals surface area contributed by atoms with Crippen LogP contribution in [0.1, 0.15) is 1.43 Å². The number of phenolic OH excluding ortho intramolecular Hbond substituents is 2. The minimum Gasteiger partial charge on any atom is -1.00 e. The topological polar surface area (TPSA) is 249 Å². The molecule has 0 radical (unpaired) electrons. The van der Waals surface area contributed by atoms with Crippen LogP contribution in [0.15, 0.2) is 144 Å². The second kappa shape index (κ2) is 16.3. The van der Waals surface area contributed by atoms with Crippen LogP contribution in [0.4, 0.5) is 39.8 Å². The number of anilines is 1. The fourth-order valence-electron chi connectivity index (χ4n) is 4.95. The van der Waals surface area contributed by atoms with E-state index in [-0.39, 0.29) is 68.9 Å². The molecule has 6 rings (SSSR count). The van der Waals surface area contributed by atoms with Crippen LogP contribution in [0.25, 0.3) is 21.9 Å². The summed E-state index contributed by atoms with van der Waals surface area (Å²) in [5.74, 6) is -0.787. The zero-order valence-corrected chi connectivity index (χ0v) is 32.7. The summed E-state index contributed by atoms with van der Waals surface area (Å²) in [6, 6.07) is 25.8. The Hall–Kier alpha value is -4.82. The maximum Gasteiger partial charge on any atom is 1.00 e. The van der Waals surface area contributed by atoms with Gasteiger partial charge >= 0.3 is 29.6 Å². The van der Waals surface area contributed by atoms with Crippen molar-refractivity contribution in [3.05, 3.63) is 113 Å². The molecule has 0 atom stereocenters. The monoisotopic (exact) mass is 815 g/mol. The molecular formula is C34H24Cl2N7NaO8S2. The molecule has 0 amide bonds. The number of aromatic hydroxyl groups is 2. The predicted octanol–water partition coefficient (Wildman–Crippen LogP) is 7.66. The number of nitrogen functional groups attached to an aromatic ring is 1. The van der Waals surface area contributed by atoms with Gasteiger partial charge in [0.15, 0.2) is 5.75 Å². The van der Waals surface area contributed by atoms with Crippen LogP contribution < -0.4 is 35.3 Å². The minimum atomic E-state index is -5.11. The van der Waals surface area contributed by atoms with Crippen molar-refractivity contribution in [2.75, 3.05) is 5.73 Å². The van der Waals surface area contributed by atoms with E-state index in [1.165, 1.54) is 30.3 Å². The molecule has 0 spiro atoms. The molecule has 54 heavy (non-hydrogen) atoms. The molecule has 0 aliphatic heterocycles. The summed E-state index contributed by atoms with van der Waals surface area (Å²) in [7, 11) is -10.2. The third-order valence-electron chi connectivity index (χ3n) is 7.50. The first kappa shape index (κ1) is 40.4. The van der Waals surface area contributed by atoms with E-state index in [0.717, 1.165) is 23.3 Å². The van der Waals surface area contributed by atoms with Gasteiger partial charge in [0.2, 0.25) is 0 Å². The molecule has 6 aromatic carbocycles. The van der Waals surface area contributed by atoms with E-state index in [1.807, 2.05) is 12.1 Å². The quantitative estimate of drug-likeness (QED) is 0.0415. The van der Waals surface area contributed by atoms with Gasteiger partial charge in [0.25, 0.3) is 20.2 Å². The van der Waals surface area contributed by atoms with Gasteiger partial charge in [0.1, 0.15) is 32.6 Å². The number of nitrogens with zero attached hydrogens (tertiary/aromatic N) is 6. The molecule has 15 nitrogen and oxygen atoms in total. The Kier molecular flexibility index (Phi) is 12.2. The molecule has 0 heterocycles. The van der Waals surface area contributed by atoms with Gasteiger partial charge in [-0.3, -0.25) is 9.11 Å². The van der Waals surface area contributed by atoms with Crippen molar-refractivity contribution in [1.82, 2.24) is 0 Å². The zero-order valence-electron chi connectivity index (χ0n) is 28.6. The summed E-state index contributed by atoms with van der Waals surface area (Å²) < 4.78 is 69.6. The van der Waals surface area contributed by atoms with E-state index in [9.17, 15) is 36.2 Å². The second-order valence-corrected chi connectivity index (χ2v) is 14.7. The molecule has 20 heteroatoms. The minimum absolute atomic E-state index is 0. The molecule has 0 aromatic heterocycles. The smallest absolute Gasteiger partial charge is 1.00 e. The molecule has 0 saturated carbocycles. The number of halogens is 2. The average molecular weight is 817 g/mol. The fourth-order valence-corrected chi connectivity index (χ4v) is 6.60. The second-order valence-electron chi connectivity index (χ2n) is 11.1. The van der Waals surface area contributed by atoms with Gasteiger partial charge in [0.05, 0.1) is 33.2 Å². The molecule has 6 N–H and O–H groups in total. The van der Waals surface area contributed by atoms with E-state index in [4.69, 9.17) is 28.9 Å². The average Bonchev–Trinajstić information content (AvgIpc) is 3.11. The molecule has 0 fully saturated rings. The number of hydrogen-bond donors (Lipinski definition) is 5. The standard InChI is InChI=1S/C34H23Cl2N7O8S2.Na.H/c35-21-5-14-26(36)27(17-21)41-42-32-28(52(46,47)48)15-20-16-29(53(49,50)51)33(34(45)30(20)31(32)37)43-40-23-8-3-19(4-9-23)18-1-6-22(7-2-18)38-39-24-10-12-25(44)13-11-24;;/h1-17,44-45H,37H2,(H,46,47,48)(H,49,50,51);;/q;+1;-1. The Morgan fingerprint density at radius 1 is 0.574 bits per heavy atom. The van der Waals surface area contributed by atoms with Gasteiger partial charge in [-0.1, -0.05) is 47.5 Å². The van der Waals surface area contributed by atoms with Gasteiger partial charge in [-0.15, -0.1) is 15.3 Å². The van der Waals surface area contributed by atoms with Crippen LogP contribution >= 0.6 is 23.2 Å². The zero-order chi connectivity index (χ0) is 38.1. The van der Waals surface area contributed by atoms with Gasteiger partial charge in [-0.25, -0.2) is 0 Å². The van der Waals surface area contributed by atoms with Gasteiger partial charge in [-0.05, 0) is 95.4 Å². The first-order chi connectivity index (χ1) is 25.1. The summed E-state index contributed by atoms with van der Waals surface area (Å²) in [6.07, 6.45) is 0. The van der Waals surface area contributed by atoms with Crippen molar-refractivity contribution >= 4 is 94.0 Å². The Morgan fingerprint density at radius 2 is 1.02 bits per heavy atom. The Bertz CT molecular complexity index is 2730. The van der Waals surface area contributed by atoms with Crippen LogP contribution in [0.5, 0.6) is 11.5 Å². The van der Waals surface area contributed by atoms with E-state index >= 15 is 0 Å². The van der Waals surface area contributed by atoms with Crippen LogP contribution in [0.2, 0.25) is 10.0 Å². The van der Waals surface area contributed by atoms with Crippen LogP contribution in [-0.2, 0) is 20.2 Å². The van der Waals surface area contributed by atoms with E-state index in [1.54, 1.807) is 48.5 Å². The summed E-state index contributed by atoms with van der Waals surface area (Å²) in [6.45, 7) is 0. The van der Waals surface area contributed by atoms with Crippen molar-refractivity contribution in [3.8, 4) is 22.6 Å². The van der Waals surface area contributed by atoms with Crippen molar-refractivity contribution in [3.63, 3.8) is 0 Å². The van der Waals surface area contributed by atoms with Gasteiger partial charge in [-0.2, -0.15) is 32.2 Å². The predicted molar refractivity (Wildman–Crippen MR) is 200 cm³/mol. The first-order valence-electron chi connectivity index (χ1n) is 14.9. The van der Waals surface area contributed by atoms with E-state index < -0.39 is 52.8 Å². The van der Waals surface area contributed by atoms with Gasteiger partial charge < -0.3 is 17.4 Å². The van der Waals surface area contributed by atoms with Crippen molar-refractivity contribution in [2.24, 2.45) is 30.7 Å².